The Bertz CT molecular complexity index is 758. The van der Waals surface area contributed by atoms with Gasteiger partial charge in [-0.1, -0.05) is 29.8 Å². The second-order valence-electron chi connectivity index (χ2n) is 6.66. The number of carbonyl (C=O) groups is 1. The lowest BCUT2D eigenvalue weighted by Crippen LogP contribution is -2.45. The average molecular weight is 374 g/mol. The average Bonchev–Trinajstić information content (AvgIpc) is 2.62. The predicted octanol–water partition coefficient (Wildman–Crippen LogP) is 3.32. The van der Waals surface area contributed by atoms with E-state index in [0.717, 1.165) is 29.4 Å². The van der Waals surface area contributed by atoms with Crippen LogP contribution in [-0.4, -0.2) is 42.7 Å². The number of nitrogens with one attached hydrogen (secondary N) is 1. The van der Waals surface area contributed by atoms with E-state index < -0.39 is 0 Å². The van der Waals surface area contributed by atoms with Gasteiger partial charge in [-0.3, -0.25) is 9.78 Å². The van der Waals surface area contributed by atoms with E-state index in [1.165, 1.54) is 0 Å². The molecule has 0 aliphatic carbocycles. The van der Waals surface area contributed by atoms with Gasteiger partial charge in [0.25, 0.3) is 5.91 Å². The fourth-order valence-corrected chi connectivity index (χ4v) is 3.46. The van der Waals surface area contributed by atoms with Crippen LogP contribution in [0.15, 0.2) is 42.6 Å². The zero-order valence-corrected chi connectivity index (χ0v) is 15.9. The van der Waals surface area contributed by atoms with Crippen LogP contribution in [0.2, 0.25) is 5.02 Å². The summed E-state index contributed by atoms with van der Waals surface area (Å²) in [6.07, 6.45) is 2.70. The first-order valence-electron chi connectivity index (χ1n) is 8.91. The lowest BCUT2D eigenvalue weighted by atomic mass is 10.1. The summed E-state index contributed by atoms with van der Waals surface area (Å²) in [4.78, 5) is 18.9. The summed E-state index contributed by atoms with van der Waals surface area (Å²) in [6.45, 7) is 6.25. The molecule has 138 valence electrons. The summed E-state index contributed by atoms with van der Waals surface area (Å²) in [5.74, 6) is -0.173. The number of amides is 1. The van der Waals surface area contributed by atoms with Crippen LogP contribution >= 0.6 is 11.6 Å². The number of ether oxygens (including phenoxy) is 1. The van der Waals surface area contributed by atoms with Crippen molar-refractivity contribution in [3.63, 3.8) is 0 Å². The second-order valence-corrected chi connectivity index (χ2v) is 7.07. The first kappa shape index (κ1) is 18.7. The monoisotopic (exact) mass is 373 g/mol. The smallest absolute Gasteiger partial charge is 0.269 e. The molecular formula is C20H24ClN3O2. The Morgan fingerprint density at radius 1 is 1.27 bits per heavy atom. The van der Waals surface area contributed by atoms with E-state index in [2.05, 4.69) is 29.0 Å². The fraction of sp³-hybridized carbons (Fsp3) is 0.400. The number of aromatic nitrogens is 1. The Labute approximate surface area is 159 Å². The molecular weight excluding hydrogens is 350 g/mol. The van der Waals surface area contributed by atoms with E-state index in [9.17, 15) is 4.79 Å². The van der Waals surface area contributed by atoms with Gasteiger partial charge in [0.1, 0.15) is 5.69 Å². The number of benzene rings is 1. The SMILES string of the molecule is C[C@@H]1CN(c2ccnc(C(=O)NCCc3ccccc3Cl)c2)C[C@H](C)O1. The highest BCUT2D eigenvalue weighted by atomic mass is 35.5. The van der Waals surface area contributed by atoms with Gasteiger partial charge in [0, 0.05) is 36.5 Å². The van der Waals surface area contributed by atoms with Crippen LogP contribution in [-0.2, 0) is 11.2 Å². The van der Waals surface area contributed by atoms with E-state index in [1.807, 2.05) is 36.4 Å². The van der Waals surface area contributed by atoms with Crippen LogP contribution in [0.1, 0.15) is 29.9 Å². The number of pyridine rings is 1. The quantitative estimate of drug-likeness (QED) is 0.873. The van der Waals surface area contributed by atoms with Gasteiger partial charge in [0.2, 0.25) is 0 Å². The summed E-state index contributed by atoms with van der Waals surface area (Å²) in [7, 11) is 0. The van der Waals surface area contributed by atoms with Crippen LogP contribution in [0, 0.1) is 0 Å². The molecule has 1 N–H and O–H groups in total. The molecule has 3 rings (SSSR count). The lowest BCUT2D eigenvalue weighted by molar-refractivity contribution is -0.00522. The van der Waals surface area contributed by atoms with Gasteiger partial charge in [-0.2, -0.15) is 0 Å². The Morgan fingerprint density at radius 3 is 2.73 bits per heavy atom. The third-order valence-electron chi connectivity index (χ3n) is 4.40. The van der Waals surface area contributed by atoms with Crippen LogP contribution in [0.4, 0.5) is 5.69 Å². The number of hydrogen-bond acceptors (Lipinski definition) is 4. The third kappa shape index (κ3) is 4.74. The highest BCUT2D eigenvalue weighted by Gasteiger charge is 2.23. The van der Waals surface area contributed by atoms with Gasteiger partial charge in [0.05, 0.1) is 12.2 Å². The van der Waals surface area contributed by atoms with Gasteiger partial charge in [-0.05, 0) is 44.0 Å². The number of nitrogens with zero attached hydrogens (tertiary/aromatic N) is 2. The topological polar surface area (TPSA) is 54.5 Å². The van der Waals surface area contributed by atoms with Crippen molar-refractivity contribution in [3.05, 3.63) is 58.9 Å². The summed E-state index contributed by atoms with van der Waals surface area (Å²) < 4.78 is 5.77. The van der Waals surface area contributed by atoms with Gasteiger partial charge >= 0.3 is 0 Å². The molecule has 1 aliphatic rings. The Morgan fingerprint density at radius 2 is 2.00 bits per heavy atom. The first-order chi connectivity index (χ1) is 12.5. The molecule has 1 amide bonds. The van der Waals surface area contributed by atoms with Crippen molar-refractivity contribution in [2.75, 3.05) is 24.5 Å². The minimum atomic E-state index is -0.173. The molecule has 26 heavy (non-hydrogen) atoms. The Hall–Kier alpha value is -2.11. The highest BCUT2D eigenvalue weighted by molar-refractivity contribution is 6.31. The maximum atomic E-state index is 12.4. The summed E-state index contributed by atoms with van der Waals surface area (Å²) in [6, 6.07) is 11.4. The number of morpholine rings is 1. The van der Waals surface area contributed by atoms with Crippen molar-refractivity contribution in [2.45, 2.75) is 32.5 Å². The maximum Gasteiger partial charge on any atom is 0.269 e. The van der Waals surface area contributed by atoms with Gasteiger partial charge < -0.3 is 15.0 Å². The predicted molar refractivity (Wildman–Crippen MR) is 104 cm³/mol. The van der Waals surface area contributed by atoms with Gasteiger partial charge in [-0.15, -0.1) is 0 Å². The lowest BCUT2D eigenvalue weighted by Gasteiger charge is -2.36. The van der Waals surface area contributed by atoms with E-state index in [0.29, 0.717) is 18.7 Å². The molecule has 1 aromatic heterocycles. The van der Waals surface area contributed by atoms with Crippen LogP contribution in [0.5, 0.6) is 0 Å². The van der Waals surface area contributed by atoms with Gasteiger partial charge in [-0.25, -0.2) is 0 Å². The molecule has 1 aliphatic heterocycles. The van der Waals surface area contributed by atoms with E-state index in [1.54, 1.807) is 6.20 Å². The second kappa shape index (κ2) is 8.52. The molecule has 0 saturated carbocycles. The number of anilines is 1. The first-order valence-corrected chi connectivity index (χ1v) is 9.29. The van der Waals surface area contributed by atoms with Crippen LogP contribution < -0.4 is 10.2 Å². The molecule has 1 aromatic carbocycles. The Kier molecular flexibility index (Phi) is 6.12. The zero-order valence-electron chi connectivity index (χ0n) is 15.1. The van der Waals surface area contributed by atoms with Gasteiger partial charge in [0.15, 0.2) is 0 Å². The molecule has 0 radical (unpaired) electrons. The standard InChI is InChI=1S/C20H24ClN3O2/c1-14-12-24(13-15(2)26-14)17-8-10-22-19(11-17)20(25)23-9-7-16-5-3-4-6-18(16)21/h3-6,8,10-11,14-15H,7,9,12-13H2,1-2H3,(H,23,25)/t14-,15+. The summed E-state index contributed by atoms with van der Waals surface area (Å²) in [5, 5.41) is 3.64. The number of rotatable bonds is 5. The largest absolute Gasteiger partial charge is 0.372 e. The van der Waals surface area contributed by atoms with E-state index in [4.69, 9.17) is 16.3 Å². The molecule has 0 spiro atoms. The fourth-order valence-electron chi connectivity index (χ4n) is 3.23. The maximum absolute atomic E-state index is 12.4. The minimum absolute atomic E-state index is 0.166. The molecule has 1 saturated heterocycles. The highest BCUT2D eigenvalue weighted by Crippen LogP contribution is 2.20. The minimum Gasteiger partial charge on any atom is -0.372 e. The van der Waals surface area contributed by atoms with Crippen molar-refractivity contribution in [1.29, 1.82) is 0 Å². The molecule has 6 heteroatoms. The van der Waals surface area contributed by atoms with Crippen molar-refractivity contribution < 1.29 is 9.53 Å². The molecule has 2 heterocycles. The molecule has 5 nitrogen and oxygen atoms in total. The summed E-state index contributed by atoms with van der Waals surface area (Å²) in [5.41, 5.74) is 2.44. The van der Waals surface area contributed by atoms with Crippen LogP contribution in [0.25, 0.3) is 0 Å². The van der Waals surface area contributed by atoms with Crippen LogP contribution in [0.3, 0.4) is 0 Å². The summed E-state index contributed by atoms with van der Waals surface area (Å²) >= 11 is 6.15. The number of carbonyl (C=O) groups excluding carboxylic acids is 1. The number of hydrogen-bond donors (Lipinski definition) is 1. The molecule has 2 aromatic rings. The molecule has 0 bridgehead atoms. The van der Waals surface area contributed by atoms with E-state index >= 15 is 0 Å². The zero-order chi connectivity index (χ0) is 18.5. The Balaban J connectivity index is 1.60. The molecule has 2 atom stereocenters. The third-order valence-corrected chi connectivity index (χ3v) is 4.77. The normalized spacial score (nSPS) is 20.0. The van der Waals surface area contributed by atoms with Crippen molar-refractivity contribution in [2.24, 2.45) is 0 Å². The van der Waals surface area contributed by atoms with E-state index in [-0.39, 0.29) is 18.1 Å². The van der Waals surface area contributed by atoms with Crippen molar-refractivity contribution in [1.82, 2.24) is 10.3 Å². The number of halogens is 1. The molecule has 0 unspecified atom stereocenters. The molecule has 1 fully saturated rings. The van der Waals surface area contributed by atoms with Crippen molar-refractivity contribution >= 4 is 23.2 Å². The van der Waals surface area contributed by atoms with Crippen molar-refractivity contribution in [3.8, 4) is 0 Å².